The van der Waals surface area contributed by atoms with E-state index in [2.05, 4.69) is 46.4 Å². The maximum Gasteiger partial charge on any atom is 0.239 e. The number of aryl methyl sites for hydroxylation is 1. The highest BCUT2D eigenvalue weighted by molar-refractivity contribution is 7.11. The molecule has 0 spiro atoms. The summed E-state index contributed by atoms with van der Waals surface area (Å²) in [5, 5.41) is 4.66. The molecule has 2 saturated heterocycles. The molecule has 3 atom stereocenters. The number of hydrogen-bond acceptors (Lipinski definition) is 4. The maximum atomic E-state index is 12.9. The molecule has 0 aliphatic carbocycles. The van der Waals surface area contributed by atoms with Crippen LogP contribution in [0, 0.1) is 12.8 Å². The van der Waals surface area contributed by atoms with E-state index in [1.54, 1.807) is 11.3 Å². The number of aromatic nitrogens is 1. The van der Waals surface area contributed by atoms with Gasteiger partial charge in [0.1, 0.15) is 0 Å². The Hall–Kier alpha value is -1.43. The van der Waals surface area contributed by atoms with Gasteiger partial charge in [0.05, 0.1) is 11.0 Å². The minimum atomic E-state index is -0.0222. The summed E-state index contributed by atoms with van der Waals surface area (Å²) >= 11 is 1.78. The fraction of sp³-hybridized carbons (Fsp3) is 0.500. The number of carbonyl (C=O) groups excluding carboxylic acids is 1. The number of amides is 1. The Morgan fingerprint density at radius 2 is 2.15 bits per heavy atom. The molecule has 1 N–H and O–H groups in total. The first-order valence-corrected chi connectivity index (χ1v) is 9.99. The number of nitrogens with one attached hydrogen (secondary N) is 1. The quantitative estimate of drug-likeness (QED) is 0.868. The second-order valence-electron chi connectivity index (χ2n) is 7.31. The molecule has 2 aliphatic rings. The monoisotopic (exact) mass is 391 g/mol. The Morgan fingerprint density at radius 1 is 1.35 bits per heavy atom. The second kappa shape index (κ2) is 8.51. The van der Waals surface area contributed by atoms with Crippen LogP contribution in [0.25, 0.3) is 0 Å². The van der Waals surface area contributed by atoms with E-state index >= 15 is 0 Å². The Bertz CT molecular complexity index is 736. The Balaban J connectivity index is 0.00000196. The molecule has 0 radical (unpaired) electrons. The zero-order valence-corrected chi connectivity index (χ0v) is 16.7. The summed E-state index contributed by atoms with van der Waals surface area (Å²) in [7, 11) is 0. The van der Waals surface area contributed by atoms with Gasteiger partial charge in [-0.25, -0.2) is 4.98 Å². The van der Waals surface area contributed by atoms with Crippen LogP contribution in [0.4, 0.5) is 0 Å². The molecular formula is C20H26ClN3OS. The molecule has 0 saturated carbocycles. The van der Waals surface area contributed by atoms with Gasteiger partial charge in [-0.05, 0) is 37.2 Å². The lowest BCUT2D eigenvalue weighted by Gasteiger charge is -2.21. The van der Waals surface area contributed by atoms with Crippen molar-refractivity contribution in [3.63, 3.8) is 0 Å². The molecule has 6 heteroatoms. The third-order valence-electron chi connectivity index (χ3n) is 5.43. The first-order valence-electron chi connectivity index (χ1n) is 9.17. The predicted octanol–water partition coefficient (Wildman–Crippen LogP) is 3.41. The summed E-state index contributed by atoms with van der Waals surface area (Å²) in [6.07, 6.45) is 4.96. The van der Waals surface area contributed by atoms with E-state index in [-0.39, 0.29) is 24.4 Å². The van der Waals surface area contributed by atoms with E-state index < -0.39 is 0 Å². The summed E-state index contributed by atoms with van der Waals surface area (Å²) < 4.78 is 0. The molecule has 26 heavy (non-hydrogen) atoms. The number of halogens is 1. The highest BCUT2D eigenvalue weighted by Gasteiger charge is 2.35. The summed E-state index contributed by atoms with van der Waals surface area (Å²) in [6, 6.07) is 10.5. The van der Waals surface area contributed by atoms with Crippen LogP contribution in [0.15, 0.2) is 36.5 Å². The number of likely N-dealkylation sites (tertiary alicyclic amines) is 1. The molecule has 3 heterocycles. The Kier molecular flexibility index (Phi) is 6.33. The predicted molar refractivity (Wildman–Crippen MR) is 108 cm³/mol. The van der Waals surface area contributed by atoms with Crippen molar-refractivity contribution in [1.82, 2.24) is 15.2 Å². The Labute approximate surface area is 165 Å². The van der Waals surface area contributed by atoms with Gasteiger partial charge in [-0.1, -0.05) is 30.3 Å². The molecule has 1 aromatic carbocycles. The molecule has 2 aliphatic heterocycles. The molecule has 2 aromatic rings. The standard InChI is InChI=1S/C20H25N3OS.ClH/c1-14-11-22-19(25-14)9-15-7-8-23(13-15)20(24)18-10-17(12-21-18)16-5-3-2-4-6-16;/h2-6,11,15,17-18,21H,7-10,12-13H2,1H3;1H/t15-,17+,18+;/m0./s1. The van der Waals surface area contributed by atoms with Gasteiger partial charge in [-0.2, -0.15) is 0 Å². The van der Waals surface area contributed by atoms with Crippen LogP contribution in [-0.2, 0) is 11.2 Å². The number of rotatable bonds is 4. The topological polar surface area (TPSA) is 45.2 Å². The van der Waals surface area contributed by atoms with Gasteiger partial charge in [-0.15, -0.1) is 23.7 Å². The van der Waals surface area contributed by atoms with Crippen molar-refractivity contribution in [3.05, 3.63) is 52.0 Å². The van der Waals surface area contributed by atoms with Crippen LogP contribution in [0.1, 0.15) is 34.2 Å². The average Bonchev–Trinajstić information content (AvgIpc) is 3.37. The number of hydrogen-bond donors (Lipinski definition) is 1. The Morgan fingerprint density at radius 3 is 2.88 bits per heavy atom. The van der Waals surface area contributed by atoms with Crippen molar-refractivity contribution in [2.75, 3.05) is 19.6 Å². The normalized spacial score (nSPS) is 25.3. The van der Waals surface area contributed by atoms with Crippen LogP contribution < -0.4 is 5.32 Å². The van der Waals surface area contributed by atoms with Gasteiger partial charge in [-0.3, -0.25) is 4.79 Å². The minimum absolute atomic E-state index is 0. The highest BCUT2D eigenvalue weighted by atomic mass is 35.5. The fourth-order valence-corrected chi connectivity index (χ4v) is 4.97. The first-order chi connectivity index (χ1) is 12.2. The van der Waals surface area contributed by atoms with E-state index in [9.17, 15) is 4.79 Å². The van der Waals surface area contributed by atoms with Crippen molar-refractivity contribution < 1.29 is 4.79 Å². The van der Waals surface area contributed by atoms with Gasteiger partial charge >= 0.3 is 0 Å². The SMILES string of the molecule is Cc1cnc(C[C@@H]2CCN(C(=O)[C@H]3C[C@@H](c4ccccc4)CN3)C2)s1.Cl. The molecule has 4 nitrogen and oxygen atoms in total. The van der Waals surface area contributed by atoms with Gasteiger partial charge < -0.3 is 10.2 Å². The summed E-state index contributed by atoms with van der Waals surface area (Å²) in [5.41, 5.74) is 1.34. The lowest BCUT2D eigenvalue weighted by Crippen LogP contribution is -2.42. The minimum Gasteiger partial charge on any atom is -0.341 e. The first kappa shape index (κ1) is 19.3. The van der Waals surface area contributed by atoms with Crippen LogP contribution in [0.3, 0.4) is 0 Å². The molecule has 2 fully saturated rings. The number of thiazole rings is 1. The number of carbonyl (C=O) groups is 1. The molecule has 4 rings (SSSR count). The summed E-state index contributed by atoms with van der Waals surface area (Å²) in [6.45, 7) is 4.77. The van der Waals surface area contributed by atoms with Crippen LogP contribution in [0.2, 0.25) is 0 Å². The third-order valence-corrected chi connectivity index (χ3v) is 6.36. The molecule has 140 valence electrons. The molecular weight excluding hydrogens is 366 g/mol. The molecule has 1 amide bonds. The van der Waals surface area contributed by atoms with Crippen LogP contribution >= 0.6 is 23.7 Å². The smallest absolute Gasteiger partial charge is 0.239 e. The largest absolute Gasteiger partial charge is 0.341 e. The number of nitrogens with zero attached hydrogens (tertiary/aromatic N) is 2. The molecule has 0 unspecified atom stereocenters. The van der Waals surface area contributed by atoms with E-state index in [0.29, 0.717) is 11.8 Å². The summed E-state index contributed by atoms with van der Waals surface area (Å²) in [5.74, 6) is 1.30. The van der Waals surface area contributed by atoms with E-state index in [4.69, 9.17) is 0 Å². The third kappa shape index (κ3) is 4.27. The zero-order valence-electron chi connectivity index (χ0n) is 15.1. The van der Waals surface area contributed by atoms with Crippen molar-refractivity contribution >= 4 is 29.7 Å². The van der Waals surface area contributed by atoms with Crippen LogP contribution in [-0.4, -0.2) is 41.5 Å². The van der Waals surface area contributed by atoms with E-state index in [0.717, 1.165) is 38.9 Å². The highest BCUT2D eigenvalue weighted by Crippen LogP contribution is 2.28. The maximum absolute atomic E-state index is 12.9. The lowest BCUT2D eigenvalue weighted by molar-refractivity contribution is -0.132. The summed E-state index contributed by atoms with van der Waals surface area (Å²) in [4.78, 5) is 20.7. The van der Waals surface area contributed by atoms with E-state index in [1.807, 2.05) is 12.3 Å². The van der Waals surface area contributed by atoms with Crippen molar-refractivity contribution in [3.8, 4) is 0 Å². The molecule has 1 aromatic heterocycles. The average molecular weight is 392 g/mol. The zero-order chi connectivity index (χ0) is 17.2. The van der Waals surface area contributed by atoms with Crippen molar-refractivity contribution in [1.29, 1.82) is 0 Å². The van der Waals surface area contributed by atoms with Gasteiger partial charge in [0.15, 0.2) is 0 Å². The number of benzene rings is 1. The van der Waals surface area contributed by atoms with Crippen molar-refractivity contribution in [2.45, 2.75) is 38.1 Å². The molecule has 0 bridgehead atoms. The van der Waals surface area contributed by atoms with Gasteiger partial charge in [0.25, 0.3) is 0 Å². The van der Waals surface area contributed by atoms with Crippen LogP contribution in [0.5, 0.6) is 0 Å². The van der Waals surface area contributed by atoms with Crippen molar-refractivity contribution in [2.24, 2.45) is 5.92 Å². The van der Waals surface area contributed by atoms with E-state index in [1.165, 1.54) is 15.4 Å². The lowest BCUT2D eigenvalue weighted by atomic mass is 9.96. The van der Waals surface area contributed by atoms with Gasteiger partial charge in [0, 0.05) is 37.1 Å². The van der Waals surface area contributed by atoms with Gasteiger partial charge in [0.2, 0.25) is 5.91 Å². The fourth-order valence-electron chi connectivity index (χ4n) is 4.07. The second-order valence-corrected chi connectivity index (χ2v) is 8.63.